The maximum absolute atomic E-state index is 13.1. The largest absolute Gasteiger partial charge is 0.390 e. The molecule has 0 aromatic carbocycles. The Kier molecular flexibility index (Phi) is 4.77. The highest BCUT2D eigenvalue weighted by Gasteiger charge is 2.56. The van der Waals surface area contributed by atoms with Gasteiger partial charge in [0.15, 0.2) is 0 Å². The third-order valence-electron chi connectivity index (χ3n) is 9.37. The number of pyridine rings is 1. The first-order chi connectivity index (χ1) is 16.9. The number of hydrogen-bond acceptors (Lipinski definition) is 6. The van der Waals surface area contributed by atoms with Crippen molar-refractivity contribution in [2.75, 3.05) is 33.2 Å². The first-order valence-corrected chi connectivity index (χ1v) is 13.2. The van der Waals surface area contributed by atoms with Gasteiger partial charge in [0.1, 0.15) is 0 Å². The third kappa shape index (κ3) is 3.40. The molecule has 8 rings (SSSR count). The van der Waals surface area contributed by atoms with Crippen molar-refractivity contribution in [2.45, 2.75) is 56.6 Å². The molecule has 5 aliphatic carbocycles. The molecule has 184 valence electrons. The number of rotatable bonds is 4. The van der Waals surface area contributed by atoms with Crippen LogP contribution in [0.25, 0.3) is 17.0 Å². The molecular weight excluding hydrogens is 442 g/mol. The van der Waals surface area contributed by atoms with Crippen LogP contribution in [-0.2, 0) is 22.4 Å². The van der Waals surface area contributed by atoms with Gasteiger partial charge in [-0.1, -0.05) is 12.2 Å². The van der Waals surface area contributed by atoms with Gasteiger partial charge in [-0.2, -0.15) is 5.10 Å². The quantitative estimate of drug-likeness (QED) is 0.680. The van der Waals surface area contributed by atoms with E-state index in [-0.39, 0.29) is 12.5 Å². The SMILES string of the molecule is CN1CCN(C(=O)C(=O)Cc2nn(C3[C@@H]4CC5C[C@H]3CC(O)(C5)C4)c3c4c(ncc23)CC=C4)CC1. The number of ketones is 1. The smallest absolute Gasteiger partial charge is 0.290 e. The molecule has 1 saturated heterocycles. The summed E-state index contributed by atoms with van der Waals surface area (Å²) in [6, 6.07) is 0.229. The molecule has 8 nitrogen and oxygen atoms in total. The van der Waals surface area contributed by atoms with Gasteiger partial charge >= 0.3 is 0 Å². The normalized spacial score (nSPS) is 33.6. The van der Waals surface area contributed by atoms with Crippen LogP contribution in [0.15, 0.2) is 12.3 Å². The fourth-order valence-corrected chi connectivity index (χ4v) is 7.99. The van der Waals surface area contributed by atoms with Gasteiger partial charge in [-0.25, -0.2) is 0 Å². The number of carbonyl (C=O) groups excluding carboxylic acids is 2. The summed E-state index contributed by atoms with van der Waals surface area (Å²) in [7, 11) is 2.03. The number of piperazine rings is 1. The van der Waals surface area contributed by atoms with Crippen molar-refractivity contribution in [3.8, 4) is 0 Å². The molecule has 3 unspecified atom stereocenters. The highest BCUT2D eigenvalue weighted by atomic mass is 16.3. The lowest BCUT2D eigenvalue weighted by molar-refractivity contribution is -0.148. The van der Waals surface area contributed by atoms with Gasteiger partial charge in [-0.15, -0.1) is 0 Å². The molecule has 6 aliphatic rings. The van der Waals surface area contributed by atoms with Crippen molar-refractivity contribution in [2.24, 2.45) is 17.8 Å². The van der Waals surface area contributed by atoms with E-state index in [4.69, 9.17) is 10.1 Å². The molecule has 2 aromatic rings. The van der Waals surface area contributed by atoms with Crippen LogP contribution < -0.4 is 0 Å². The van der Waals surface area contributed by atoms with Crippen LogP contribution >= 0.6 is 0 Å². The predicted molar refractivity (Wildman–Crippen MR) is 131 cm³/mol. The maximum Gasteiger partial charge on any atom is 0.290 e. The van der Waals surface area contributed by atoms with E-state index in [0.717, 1.165) is 73.8 Å². The molecule has 5 atom stereocenters. The third-order valence-corrected chi connectivity index (χ3v) is 9.37. The molecule has 0 spiro atoms. The molecule has 5 fully saturated rings. The van der Waals surface area contributed by atoms with Crippen molar-refractivity contribution in [1.82, 2.24) is 24.6 Å². The van der Waals surface area contributed by atoms with Gasteiger partial charge < -0.3 is 14.9 Å². The van der Waals surface area contributed by atoms with E-state index in [1.54, 1.807) is 4.90 Å². The summed E-state index contributed by atoms with van der Waals surface area (Å²) in [4.78, 5) is 34.6. The fraction of sp³-hybridized carbons (Fsp3) is 0.630. The fourth-order valence-electron chi connectivity index (χ4n) is 7.99. The highest BCUT2D eigenvalue weighted by molar-refractivity contribution is 6.36. The van der Waals surface area contributed by atoms with Crippen molar-refractivity contribution in [1.29, 1.82) is 0 Å². The number of Topliss-reactive ketones (excluding diaryl/α,β-unsaturated/α-hetero) is 1. The molecule has 2 aromatic heterocycles. The lowest BCUT2D eigenvalue weighted by Gasteiger charge is -2.58. The lowest BCUT2D eigenvalue weighted by Crippen LogP contribution is -2.55. The minimum Gasteiger partial charge on any atom is -0.390 e. The van der Waals surface area contributed by atoms with Gasteiger partial charge in [-0.05, 0) is 56.9 Å². The zero-order valence-electron chi connectivity index (χ0n) is 20.3. The minimum atomic E-state index is -0.507. The average Bonchev–Trinajstić information content (AvgIpc) is 3.42. The lowest BCUT2D eigenvalue weighted by atomic mass is 9.52. The van der Waals surface area contributed by atoms with Crippen LogP contribution in [0.1, 0.15) is 55.1 Å². The summed E-state index contributed by atoms with van der Waals surface area (Å²) >= 11 is 0. The first kappa shape index (κ1) is 21.7. The Hall–Kier alpha value is -2.58. The van der Waals surface area contributed by atoms with E-state index in [2.05, 4.69) is 21.7 Å². The molecule has 4 bridgehead atoms. The number of aromatic nitrogens is 3. The Labute approximate surface area is 205 Å². The van der Waals surface area contributed by atoms with E-state index >= 15 is 0 Å². The van der Waals surface area contributed by atoms with E-state index in [1.165, 1.54) is 0 Å². The molecule has 35 heavy (non-hydrogen) atoms. The number of hydrogen-bond donors (Lipinski definition) is 1. The molecule has 0 radical (unpaired) electrons. The number of carbonyl (C=O) groups is 2. The van der Waals surface area contributed by atoms with Gasteiger partial charge in [0.25, 0.3) is 5.91 Å². The van der Waals surface area contributed by atoms with Crippen LogP contribution in [0.4, 0.5) is 0 Å². The van der Waals surface area contributed by atoms with Crippen molar-refractivity contribution in [3.05, 3.63) is 29.2 Å². The first-order valence-electron chi connectivity index (χ1n) is 13.2. The van der Waals surface area contributed by atoms with Crippen LogP contribution in [0, 0.1) is 17.8 Å². The van der Waals surface area contributed by atoms with Crippen LogP contribution in [0.2, 0.25) is 0 Å². The topological polar surface area (TPSA) is 91.6 Å². The molecule has 1 N–H and O–H groups in total. The monoisotopic (exact) mass is 475 g/mol. The molecule has 1 amide bonds. The summed E-state index contributed by atoms with van der Waals surface area (Å²) in [5.41, 5.74) is 3.37. The van der Waals surface area contributed by atoms with Gasteiger partial charge in [0.05, 0.1) is 35.0 Å². The number of fused-ring (bicyclic) bond motifs is 3. The van der Waals surface area contributed by atoms with Gasteiger partial charge in [0, 0.05) is 49.7 Å². The summed E-state index contributed by atoms with van der Waals surface area (Å²) in [5.74, 6) is 0.631. The van der Waals surface area contributed by atoms with Gasteiger partial charge in [-0.3, -0.25) is 19.3 Å². The number of likely N-dealkylation sites (N-methyl/N-ethyl adjacent to an activating group) is 1. The Morgan fingerprint density at radius 3 is 2.57 bits per heavy atom. The predicted octanol–water partition coefficient (Wildman–Crippen LogP) is 2.00. The molecule has 4 saturated carbocycles. The second kappa shape index (κ2) is 7.71. The average molecular weight is 476 g/mol. The van der Waals surface area contributed by atoms with E-state index in [0.29, 0.717) is 36.5 Å². The summed E-state index contributed by atoms with van der Waals surface area (Å²) in [5, 5.41) is 17.1. The van der Waals surface area contributed by atoms with Crippen LogP contribution in [-0.4, -0.2) is 80.2 Å². The Bertz CT molecular complexity index is 1240. The standard InChI is InChI=1S/C27H33N5O3/c1-30-5-7-31(8-6-30)26(34)23(33)11-22-20-15-28-21-4-2-3-19(21)25(20)32(29-22)24-17-9-16-10-18(24)14-27(35,12-16)13-17/h2-3,15-18,24,35H,4-14H2,1H3/t16?,17-,18+,24?,27?. The molecular formula is C27H33N5O3. The number of nitrogens with zero attached hydrogens (tertiary/aromatic N) is 5. The van der Waals surface area contributed by atoms with Crippen LogP contribution in [0.3, 0.4) is 0 Å². The maximum atomic E-state index is 13.1. The minimum absolute atomic E-state index is 0.00741. The summed E-state index contributed by atoms with van der Waals surface area (Å²) in [6.07, 6.45) is 11.9. The Balaban J connectivity index is 1.25. The number of amides is 1. The molecule has 3 heterocycles. The highest BCUT2D eigenvalue weighted by Crippen LogP contribution is 2.60. The van der Waals surface area contributed by atoms with Crippen molar-refractivity contribution >= 4 is 28.7 Å². The second-order valence-corrected chi connectivity index (χ2v) is 11.8. The Morgan fingerprint density at radius 2 is 1.86 bits per heavy atom. The summed E-state index contributed by atoms with van der Waals surface area (Å²) < 4.78 is 2.19. The Morgan fingerprint density at radius 1 is 1.11 bits per heavy atom. The van der Waals surface area contributed by atoms with Crippen molar-refractivity contribution in [3.63, 3.8) is 0 Å². The molecule has 1 aliphatic heterocycles. The van der Waals surface area contributed by atoms with E-state index in [9.17, 15) is 14.7 Å². The van der Waals surface area contributed by atoms with Gasteiger partial charge in [0.2, 0.25) is 5.78 Å². The van der Waals surface area contributed by atoms with E-state index < -0.39 is 17.3 Å². The molecule has 8 heteroatoms. The zero-order chi connectivity index (χ0) is 23.9. The number of aliphatic hydroxyl groups is 1. The second-order valence-electron chi connectivity index (χ2n) is 11.8. The van der Waals surface area contributed by atoms with Crippen LogP contribution in [0.5, 0.6) is 0 Å². The van der Waals surface area contributed by atoms with Crippen molar-refractivity contribution < 1.29 is 14.7 Å². The number of allylic oxidation sites excluding steroid dienone is 1. The zero-order valence-corrected chi connectivity index (χ0v) is 20.3. The summed E-state index contributed by atoms with van der Waals surface area (Å²) in [6.45, 7) is 2.75. The van der Waals surface area contributed by atoms with E-state index in [1.807, 2.05) is 13.2 Å².